The third kappa shape index (κ3) is 10.1. The zero-order valence-electron chi connectivity index (χ0n) is 18.7. The van der Waals surface area contributed by atoms with E-state index in [0.29, 0.717) is 35.2 Å². The first-order chi connectivity index (χ1) is 15.5. The van der Waals surface area contributed by atoms with Gasteiger partial charge in [-0.15, -0.1) is 0 Å². The number of benzene rings is 2. The number of rotatable bonds is 9. The van der Waals surface area contributed by atoms with Gasteiger partial charge >= 0.3 is 6.09 Å². The second-order valence-electron chi connectivity index (χ2n) is 8.02. The molecule has 0 unspecified atom stereocenters. The molecular formula is C23H27BrClN3O5. The van der Waals surface area contributed by atoms with E-state index in [1.807, 2.05) is 6.07 Å². The first-order valence-corrected chi connectivity index (χ1v) is 11.4. The van der Waals surface area contributed by atoms with E-state index in [2.05, 4.69) is 31.9 Å². The number of carbonyl (C=O) groups excluding carboxylic acids is 3. The number of amides is 3. The van der Waals surface area contributed by atoms with Crippen LogP contribution in [0.1, 0.15) is 33.6 Å². The molecule has 0 aliphatic carbocycles. The molecule has 10 heteroatoms. The van der Waals surface area contributed by atoms with Crippen molar-refractivity contribution in [1.82, 2.24) is 5.32 Å². The van der Waals surface area contributed by atoms with E-state index in [0.717, 1.165) is 4.47 Å². The third-order valence-electron chi connectivity index (χ3n) is 3.97. The molecule has 2 rings (SSSR count). The first kappa shape index (κ1) is 26.5. The number of para-hydroxylation sites is 2. The van der Waals surface area contributed by atoms with Crippen LogP contribution in [0.4, 0.5) is 16.2 Å². The Morgan fingerprint density at radius 1 is 1.00 bits per heavy atom. The van der Waals surface area contributed by atoms with Crippen LogP contribution in [0, 0.1) is 0 Å². The molecule has 3 N–H and O–H groups in total. The number of hydrogen-bond acceptors (Lipinski definition) is 5. The van der Waals surface area contributed by atoms with Crippen LogP contribution in [0.2, 0.25) is 5.02 Å². The van der Waals surface area contributed by atoms with Gasteiger partial charge in [0.15, 0.2) is 0 Å². The van der Waals surface area contributed by atoms with Gasteiger partial charge in [-0.2, -0.15) is 0 Å². The smallest absolute Gasteiger partial charge is 0.408 e. The molecule has 0 radical (unpaired) electrons. The normalized spacial score (nSPS) is 10.8. The highest BCUT2D eigenvalue weighted by Gasteiger charge is 2.17. The molecule has 2 aromatic carbocycles. The number of halogens is 2. The molecule has 0 aromatic heterocycles. The topological polar surface area (TPSA) is 106 Å². The minimum atomic E-state index is -0.689. The Morgan fingerprint density at radius 3 is 2.24 bits per heavy atom. The lowest BCUT2D eigenvalue weighted by Gasteiger charge is -2.19. The maximum atomic E-state index is 12.3. The highest BCUT2D eigenvalue weighted by molar-refractivity contribution is 9.10. The quantitative estimate of drug-likeness (QED) is 0.371. The third-order valence-corrected chi connectivity index (χ3v) is 4.76. The molecule has 0 spiro atoms. The monoisotopic (exact) mass is 539 g/mol. The van der Waals surface area contributed by atoms with Crippen LogP contribution >= 0.6 is 27.5 Å². The molecule has 0 heterocycles. The maximum absolute atomic E-state index is 12.3. The van der Waals surface area contributed by atoms with Crippen LogP contribution in [0.5, 0.6) is 5.75 Å². The van der Waals surface area contributed by atoms with Crippen molar-refractivity contribution in [2.75, 3.05) is 23.8 Å². The van der Waals surface area contributed by atoms with Crippen molar-refractivity contribution in [3.63, 3.8) is 0 Å². The fraction of sp³-hybridized carbons (Fsp3) is 0.348. The van der Waals surface area contributed by atoms with E-state index in [-0.39, 0.29) is 18.9 Å². The van der Waals surface area contributed by atoms with Gasteiger partial charge in [-0.05, 0) is 57.5 Å². The Kier molecular flexibility index (Phi) is 9.99. The summed E-state index contributed by atoms with van der Waals surface area (Å²) in [6, 6.07) is 12.1. The minimum absolute atomic E-state index is 0.219. The SMILES string of the molecule is CC(C)(C)OC(=O)NCC(=O)Nc1ccccc1NC(=O)CCCOc1ccc(Br)cc1Cl. The summed E-state index contributed by atoms with van der Waals surface area (Å²) in [5.74, 6) is -0.134. The van der Waals surface area contributed by atoms with E-state index >= 15 is 0 Å². The number of ether oxygens (including phenoxy) is 2. The second kappa shape index (κ2) is 12.5. The summed E-state index contributed by atoms with van der Waals surface area (Å²) in [5, 5.41) is 8.32. The summed E-state index contributed by atoms with van der Waals surface area (Å²) in [4.78, 5) is 36.2. The van der Waals surface area contributed by atoms with Crippen LogP contribution in [-0.2, 0) is 14.3 Å². The summed E-state index contributed by atoms with van der Waals surface area (Å²) in [6.07, 6.45) is 0.00861. The lowest BCUT2D eigenvalue weighted by Crippen LogP contribution is -2.37. The molecule has 0 aliphatic heterocycles. The van der Waals surface area contributed by atoms with Crippen LogP contribution in [0.3, 0.4) is 0 Å². The maximum Gasteiger partial charge on any atom is 0.408 e. The molecule has 178 valence electrons. The molecular weight excluding hydrogens is 514 g/mol. The van der Waals surface area contributed by atoms with Crippen molar-refractivity contribution in [3.8, 4) is 5.75 Å². The molecule has 33 heavy (non-hydrogen) atoms. The van der Waals surface area contributed by atoms with Crippen molar-refractivity contribution >= 4 is 56.8 Å². The summed E-state index contributed by atoms with van der Waals surface area (Å²) >= 11 is 9.44. The Morgan fingerprint density at radius 2 is 1.64 bits per heavy atom. The largest absolute Gasteiger partial charge is 0.492 e. The Hall–Kier alpha value is -2.78. The number of alkyl carbamates (subject to hydrolysis) is 1. The van der Waals surface area contributed by atoms with Gasteiger partial charge in [0.1, 0.15) is 17.9 Å². The fourth-order valence-corrected chi connectivity index (χ4v) is 3.31. The van der Waals surface area contributed by atoms with Crippen molar-refractivity contribution in [1.29, 1.82) is 0 Å². The number of nitrogens with one attached hydrogen (secondary N) is 3. The highest BCUT2D eigenvalue weighted by Crippen LogP contribution is 2.28. The molecule has 0 aliphatic rings. The van der Waals surface area contributed by atoms with Gasteiger partial charge in [0.2, 0.25) is 11.8 Å². The zero-order chi connectivity index (χ0) is 24.4. The molecule has 0 saturated heterocycles. The second-order valence-corrected chi connectivity index (χ2v) is 9.35. The van der Waals surface area contributed by atoms with E-state index in [9.17, 15) is 14.4 Å². The number of hydrogen-bond donors (Lipinski definition) is 3. The summed E-state index contributed by atoms with van der Waals surface area (Å²) in [5.41, 5.74) is 0.206. The molecule has 0 atom stereocenters. The minimum Gasteiger partial charge on any atom is -0.492 e. The average molecular weight is 541 g/mol. The molecule has 8 nitrogen and oxygen atoms in total. The number of carbonyl (C=O) groups is 3. The molecule has 3 amide bonds. The van der Waals surface area contributed by atoms with Gasteiger partial charge in [-0.3, -0.25) is 9.59 Å². The zero-order valence-corrected chi connectivity index (χ0v) is 21.0. The standard InChI is InChI=1S/C23H27BrClN3O5/c1-23(2,3)33-22(31)26-14-21(30)28-18-8-5-4-7-17(18)27-20(29)9-6-12-32-19-11-10-15(24)13-16(19)25/h4-5,7-8,10-11,13H,6,9,12,14H2,1-3H3,(H,26,31)(H,27,29)(H,28,30). The molecule has 0 bridgehead atoms. The molecule has 2 aromatic rings. The van der Waals surface area contributed by atoms with Gasteiger partial charge in [0, 0.05) is 10.9 Å². The Labute approximate surface area is 206 Å². The first-order valence-electron chi connectivity index (χ1n) is 10.3. The summed E-state index contributed by atoms with van der Waals surface area (Å²) in [6.45, 7) is 5.24. The van der Waals surface area contributed by atoms with E-state index in [1.54, 1.807) is 57.2 Å². The Bertz CT molecular complexity index is 994. The van der Waals surface area contributed by atoms with Gasteiger partial charge < -0.3 is 25.4 Å². The summed E-state index contributed by atoms with van der Waals surface area (Å²) in [7, 11) is 0. The molecule has 0 saturated carbocycles. The van der Waals surface area contributed by atoms with Crippen LogP contribution in [0.15, 0.2) is 46.9 Å². The highest BCUT2D eigenvalue weighted by atomic mass is 79.9. The molecule has 0 fully saturated rings. The average Bonchev–Trinajstić information content (AvgIpc) is 2.71. The van der Waals surface area contributed by atoms with Crippen molar-refractivity contribution in [3.05, 3.63) is 52.0 Å². The van der Waals surface area contributed by atoms with Gasteiger partial charge in [0.05, 0.1) is 23.0 Å². The fourth-order valence-electron chi connectivity index (χ4n) is 2.58. The van der Waals surface area contributed by atoms with Gasteiger partial charge in [-0.25, -0.2) is 4.79 Å². The Balaban J connectivity index is 1.79. The van der Waals surface area contributed by atoms with Crippen molar-refractivity contribution < 1.29 is 23.9 Å². The lowest BCUT2D eigenvalue weighted by atomic mass is 10.2. The predicted octanol–water partition coefficient (Wildman–Crippen LogP) is 5.36. The van der Waals surface area contributed by atoms with Crippen molar-refractivity contribution in [2.24, 2.45) is 0 Å². The van der Waals surface area contributed by atoms with Crippen LogP contribution < -0.4 is 20.7 Å². The van der Waals surface area contributed by atoms with Gasteiger partial charge in [-0.1, -0.05) is 39.7 Å². The van der Waals surface area contributed by atoms with E-state index < -0.39 is 17.6 Å². The van der Waals surface area contributed by atoms with Crippen LogP contribution in [0.25, 0.3) is 0 Å². The van der Waals surface area contributed by atoms with E-state index in [1.165, 1.54) is 0 Å². The predicted molar refractivity (Wildman–Crippen MR) is 132 cm³/mol. The summed E-state index contributed by atoms with van der Waals surface area (Å²) < 4.78 is 11.6. The van der Waals surface area contributed by atoms with E-state index in [4.69, 9.17) is 21.1 Å². The van der Waals surface area contributed by atoms with Crippen molar-refractivity contribution in [2.45, 2.75) is 39.2 Å². The number of anilines is 2. The lowest BCUT2D eigenvalue weighted by molar-refractivity contribution is -0.117. The van der Waals surface area contributed by atoms with Crippen LogP contribution in [-0.4, -0.2) is 36.7 Å². The van der Waals surface area contributed by atoms with Gasteiger partial charge in [0.25, 0.3) is 0 Å².